The van der Waals surface area contributed by atoms with Crippen molar-refractivity contribution in [3.8, 4) is 10.6 Å². The van der Waals surface area contributed by atoms with Crippen LogP contribution in [0.1, 0.15) is 18.5 Å². The van der Waals surface area contributed by atoms with E-state index < -0.39 is 16.1 Å². The van der Waals surface area contributed by atoms with Gasteiger partial charge in [-0.25, -0.2) is 13.4 Å². The highest BCUT2D eigenvalue weighted by atomic mass is 35.5. The van der Waals surface area contributed by atoms with Gasteiger partial charge in [0.25, 0.3) is 10.0 Å². The van der Waals surface area contributed by atoms with Crippen molar-refractivity contribution in [2.75, 3.05) is 13.1 Å². The predicted octanol–water partition coefficient (Wildman–Crippen LogP) is 4.04. The van der Waals surface area contributed by atoms with E-state index in [4.69, 9.17) is 11.6 Å². The zero-order valence-electron chi connectivity index (χ0n) is 16.0. The lowest BCUT2D eigenvalue weighted by atomic mass is 10.2. The Balaban J connectivity index is 1.35. The maximum Gasteiger partial charge on any atom is 0.253 e. The number of thiophene rings is 1. The van der Waals surface area contributed by atoms with Crippen LogP contribution in [0.25, 0.3) is 10.6 Å². The van der Waals surface area contributed by atoms with Gasteiger partial charge >= 0.3 is 0 Å². The number of nitrogens with one attached hydrogen (secondary N) is 1. The lowest BCUT2D eigenvalue weighted by Gasteiger charge is -2.22. The van der Waals surface area contributed by atoms with Crippen molar-refractivity contribution in [3.05, 3.63) is 57.9 Å². The third-order valence-electron chi connectivity index (χ3n) is 4.87. The summed E-state index contributed by atoms with van der Waals surface area (Å²) < 4.78 is 27.6. The molecule has 1 saturated heterocycles. The van der Waals surface area contributed by atoms with Crippen LogP contribution in [-0.4, -0.2) is 42.7 Å². The number of sulfonamides is 1. The Morgan fingerprint density at radius 3 is 2.77 bits per heavy atom. The van der Waals surface area contributed by atoms with Crippen LogP contribution in [0.3, 0.4) is 0 Å². The number of hydrogen-bond donors (Lipinski definition) is 1. The molecule has 0 bridgehead atoms. The van der Waals surface area contributed by atoms with E-state index in [1.807, 2.05) is 35.7 Å². The lowest BCUT2D eigenvalue weighted by molar-refractivity contribution is -0.124. The molecule has 0 saturated carbocycles. The average Bonchev–Trinajstić information content (AvgIpc) is 3.49. The van der Waals surface area contributed by atoms with Crippen LogP contribution in [0, 0.1) is 0 Å². The first-order chi connectivity index (χ1) is 14.4. The maximum atomic E-state index is 12.9. The summed E-state index contributed by atoms with van der Waals surface area (Å²) in [5, 5.41) is 5.81. The van der Waals surface area contributed by atoms with Crippen molar-refractivity contribution in [2.24, 2.45) is 0 Å². The molecule has 1 aliphatic rings. The average molecular weight is 482 g/mol. The Bertz CT molecular complexity index is 1130. The Hall–Kier alpha value is -1.78. The van der Waals surface area contributed by atoms with Crippen molar-refractivity contribution < 1.29 is 13.2 Å². The molecule has 4 rings (SSSR count). The van der Waals surface area contributed by atoms with Crippen molar-refractivity contribution in [2.45, 2.75) is 29.5 Å². The van der Waals surface area contributed by atoms with Gasteiger partial charge in [-0.15, -0.1) is 22.7 Å². The van der Waals surface area contributed by atoms with Crippen LogP contribution in [-0.2, 0) is 21.2 Å². The fraction of sp³-hybridized carbons (Fsp3) is 0.300. The smallest absolute Gasteiger partial charge is 0.253 e. The second-order valence-electron chi connectivity index (χ2n) is 6.88. The summed E-state index contributed by atoms with van der Waals surface area (Å²) in [6, 6.07) is 12.3. The third-order valence-corrected chi connectivity index (χ3v) is 9.42. The molecule has 0 spiro atoms. The van der Waals surface area contributed by atoms with Crippen LogP contribution in [0.5, 0.6) is 0 Å². The summed E-state index contributed by atoms with van der Waals surface area (Å²) in [5.74, 6) is -0.266. The molecule has 1 fully saturated rings. The van der Waals surface area contributed by atoms with Crippen LogP contribution in [0.4, 0.5) is 0 Å². The van der Waals surface area contributed by atoms with Gasteiger partial charge in [-0.2, -0.15) is 4.31 Å². The van der Waals surface area contributed by atoms with Gasteiger partial charge in [-0.3, -0.25) is 4.79 Å². The highest BCUT2D eigenvalue weighted by molar-refractivity contribution is 7.91. The van der Waals surface area contributed by atoms with Gasteiger partial charge in [0.1, 0.15) is 15.3 Å². The van der Waals surface area contributed by atoms with Crippen LogP contribution >= 0.6 is 34.3 Å². The molecule has 158 valence electrons. The molecule has 1 unspecified atom stereocenters. The van der Waals surface area contributed by atoms with E-state index in [1.165, 1.54) is 10.4 Å². The van der Waals surface area contributed by atoms with E-state index in [0.717, 1.165) is 27.6 Å². The highest BCUT2D eigenvalue weighted by Gasteiger charge is 2.39. The van der Waals surface area contributed by atoms with Crippen LogP contribution < -0.4 is 5.32 Å². The van der Waals surface area contributed by atoms with E-state index in [-0.39, 0.29) is 10.1 Å². The molecule has 30 heavy (non-hydrogen) atoms. The van der Waals surface area contributed by atoms with E-state index in [9.17, 15) is 13.2 Å². The number of amides is 1. The van der Waals surface area contributed by atoms with Crippen LogP contribution in [0.15, 0.2) is 52.1 Å². The van der Waals surface area contributed by atoms with Gasteiger partial charge in [0, 0.05) is 30.5 Å². The Morgan fingerprint density at radius 1 is 1.23 bits per heavy atom. The number of hydrogen-bond acceptors (Lipinski definition) is 6. The van der Waals surface area contributed by atoms with Gasteiger partial charge in [0.2, 0.25) is 5.91 Å². The minimum atomic E-state index is -3.72. The summed E-state index contributed by atoms with van der Waals surface area (Å²) in [7, 11) is -3.72. The van der Waals surface area contributed by atoms with Crippen molar-refractivity contribution in [1.82, 2.24) is 14.6 Å². The first kappa shape index (κ1) is 21.5. The fourth-order valence-corrected chi connectivity index (χ4v) is 7.54. The zero-order valence-corrected chi connectivity index (χ0v) is 19.2. The molecule has 2 aromatic heterocycles. The molecule has 1 N–H and O–H groups in total. The Kier molecular flexibility index (Phi) is 6.54. The minimum Gasteiger partial charge on any atom is -0.354 e. The number of halogens is 1. The number of carbonyl (C=O) groups excluding carboxylic acids is 1. The molecular formula is C20H20ClN3O3S3. The lowest BCUT2D eigenvalue weighted by Crippen LogP contribution is -2.46. The molecule has 0 aliphatic carbocycles. The first-order valence-electron chi connectivity index (χ1n) is 9.50. The normalized spacial score (nSPS) is 17.3. The SMILES string of the molecule is O=C(NCCc1csc(-c2ccccc2)n1)C1CCCN1S(=O)(=O)c1ccc(Cl)s1. The summed E-state index contributed by atoms with van der Waals surface area (Å²) in [6.07, 6.45) is 1.76. The van der Waals surface area contributed by atoms with E-state index in [1.54, 1.807) is 17.4 Å². The van der Waals surface area contributed by atoms with Gasteiger partial charge in [0.05, 0.1) is 10.0 Å². The molecule has 0 radical (unpaired) electrons. The van der Waals surface area contributed by atoms with Gasteiger partial charge in [0.15, 0.2) is 0 Å². The van der Waals surface area contributed by atoms with Crippen molar-refractivity contribution in [3.63, 3.8) is 0 Å². The van der Waals surface area contributed by atoms with Gasteiger partial charge in [-0.1, -0.05) is 41.9 Å². The Labute approximate surface area is 188 Å². The quantitative estimate of drug-likeness (QED) is 0.552. The van der Waals surface area contributed by atoms with Crippen molar-refractivity contribution in [1.29, 1.82) is 0 Å². The molecule has 6 nitrogen and oxygen atoms in total. The predicted molar refractivity (Wildman–Crippen MR) is 121 cm³/mol. The number of carbonyl (C=O) groups is 1. The number of thiazole rings is 1. The molecule has 1 aromatic carbocycles. The van der Waals surface area contributed by atoms with E-state index >= 15 is 0 Å². The standard InChI is InChI=1S/C20H20ClN3O3S3/c21-17-8-9-18(29-17)30(26,27)24-12-4-7-16(24)19(25)22-11-10-15-13-28-20(23-15)14-5-2-1-3-6-14/h1-3,5-6,8-9,13,16H,4,7,10-12H2,(H,22,25). The zero-order chi connectivity index (χ0) is 21.1. The fourth-order valence-electron chi connectivity index (χ4n) is 3.41. The molecular weight excluding hydrogens is 462 g/mol. The number of benzene rings is 1. The number of nitrogens with zero attached hydrogens (tertiary/aromatic N) is 2. The summed E-state index contributed by atoms with van der Waals surface area (Å²) in [5.41, 5.74) is 1.97. The second kappa shape index (κ2) is 9.15. The third kappa shape index (κ3) is 4.60. The summed E-state index contributed by atoms with van der Waals surface area (Å²) >= 11 is 8.47. The maximum absolute atomic E-state index is 12.9. The largest absolute Gasteiger partial charge is 0.354 e. The topological polar surface area (TPSA) is 79.4 Å². The second-order valence-corrected chi connectivity index (χ2v) is 11.6. The molecule has 1 aliphatic heterocycles. The van der Waals surface area contributed by atoms with E-state index in [2.05, 4.69) is 10.3 Å². The van der Waals surface area contributed by atoms with Crippen molar-refractivity contribution >= 4 is 50.2 Å². The highest BCUT2D eigenvalue weighted by Crippen LogP contribution is 2.32. The van der Waals surface area contributed by atoms with Gasteiger partial charge < -0.3 is 5.32 Å². The molecule has 10 heteroatoms. The summed E-state index contributed by atoms with van der Waals surface area (Å²) in [6.45, 7) is 0.745. The monoisotopic (exact) mass is 481 g/mol. The molecule has 3 heterocycles. The van der Waals surface area contributed by atoms with E-state index in [0.29, 0.717) is 36.7 Å². The summed E-state index contributed by atoms with van der Waals surface area (Å²) in [4.78, 5) is 17.3. The number of rotatable bonds is 7. The van der Waals surface area contributed by atoms with Crippen LogP contribution in [0.2, 0.25) is 4.34 Å². The number of aromatic nitrogens is 1. The van der Waals surface area contributed by atoms with Gasteiger partial charge in [-0.05, 0) is 25.0 Å². The first-order valence-corrected chi connectivity index (χ1v) is 13.0. The minimum absolute atomic E-state index is 0.170. The Morgan fingerprint density at radius 2 is 2.03 bits per heavy atom. The molecule has 1 atom stereocenters. The molecule has 3 aromatic rings. The molecule has 1 amide bonds.